The largest absolute Gasteiger partial charge is 0.378 e. The summed E-state index contributed by atoms with van der Waals surface area (Å²) in [6.45, 7) is 3.61. The predicted octanol–water partition coefficient (Wildman–Crippen LogP) is 0.219. The normalized spacial score (nSPS) is 16.5. The van der Waals surface area contributed by atoms with Gasteiger partial charge in [0.15, 0.2) is 5.11 Å². The average Bonchev–Trinajstić information content (AvgIpc) is 3.12. The van der Waals surface area contributed by atoms with Crippen LogP contribution in [0.2, 0.25) is 0 Å². The number of nitrogens with one attached hydrogen (secondary N) is 1. The summed E-state index contributed by atoms with van der Waals surface area (Å²) in [5, 5.41) is 3.68. The van der Waals surface area contributed by atoms with Crippen molar-refractivity contribution in [3.05, 3.63) is 18.0 Å². The van der Waals surface area contributed by atoms with Gasteiger partial charge < -0.3 is 25.6 Å². The van der Waals surface area contributed by atoms with E-state index in [2.05, 4.69) is 20.2 Å². The second kappa shape index (κ2) is 6.96. The van der Waals surface area contributed by atoms with Gasteiger partial charge in [0.1, 0.15) is 5.82 Å². The van der Waals surface area contributed by atoms with Crippen LogP contribution in [-0.4, -0.2) is 64.9 Å². The van der Waals surface area contributed by atoms with E-state index >= 15 is 0 Å². The highest BCUT2D eigenvalue weighted by Gasteiger charge is 2.30. The fourth-order valence-corrected chi connectivity index (χ4v) is 3.36. The Balaban J connectivity index is 1.83. The molecule has 26 heavy (non-hydrogen) atoms. The minimum atomic E-state index is 0.242. The molecule has 9 nitrogen and oxygen atoms in total. The third kappa shape index (κ3) is 3.01. The first-order chi connectivity index (χ1) is 12.7. The van der Waals surface area contributed by atoms with Gasteiger partial charge in [-0.1, -0.05) is 0 Å². The van der Waals surface area contributed by atoms with Gasteiger partial charge in [-0.3, -0.25) is 0 Å². The molecule has 0 amide bonds. The van der Waals surface area contributed by atoms with Crippen molar-refractivity contribution in [2.75, 3.05) is 55.4 Å². The summed E-state index contributed by atoms with van der Waals surface area (Å²) >= 11 is 5.45. The Morgan fingerprint density at radius 3 is 2.62 bits per heavy atom. The first-order valence-electron chi connectivity index (χ1n) is 8.48. The molecule has 0 aromatic carbocycles. The zero-order valence-electron chi connectivity index (χ0n) is 14.5. The zero-order valence-corrected chi connectivity index (χ0v) is 15.3. The van der Waals surface area contributed by atoms with Gasteiger partial charge in [0.05, 0.1) is 18.9 Å². The molecule has 136 valence electrons. The van der Waals surface area contributed by atoms with Crippen molar-refractivity contribution in [2.45, 2.75) is 6.42 Å². The van der Waals surface area contributed by atoms with Gasteiger partial charge in [-0.25, -0.2) is 15.0 Å². The van der Waals surface area contributed by atoms with E-state index in [0.717, 1.165) is 48.7 Å². The number of aromatic nitrogens is 4. The SMILES string of the molecule is CNC(=S)N1CCc2c(-c3cnc(N)nc3)nc(N3CCOCC3)nc21. The highest BCUT2D eigenvalue weighted by atomic mass is 32.1. The van der Waals surface area contributed by atoms with Gasteiger partial charge in [0, 0.05) is 50.2 Å². The molecule has 2 aromatic heterocycles. The molecule has 1 fully saturated rings. The monoisotopic (exact) mass is 372 g/mol. The van der Waals surface area contributed by atoms with Crippen LogP contribution in [0.15, 0.2) is 12.4 Å². The zero-order chi connectivity index (χ0) is 18.1. The minimum absolute atomic E-state index is 0.242. The quantitative estimate of drug-likeness (QED) is 0.711. The smallest absolute Gasteiger partial charge is 0.228 e. The molecule has 3 N–H and O–H groups in total. The minimum Gasteiger partial charge on any atom is -0.378 e. The van der Waals surface area contributed by atoms with E-state index in [4.69, 9.17) is 32.7 Å². The van der Waals surface area contributed by atoms with E-state index in [1.54, 1.807) is 12.4 Å². The molecule has 4 heterocycles. The Kier molecular flexibility index (Phi) is 4.51. The van der Waals surface area contributed by atoms with Crippen LogP contribution in [0.1, 0.15) is 5.56 Å². The number of nitrogens with two attached hydrogens (primary N) is 1. The van der Waals surface area contributed by atoms with Crippen LogP contribution in [-0.2, 0) is 11.2 Å². The Hall–Kier alpha value is -2.59. The predicted molar refractivity (Wildman–Crippen MR) is 103 cm³/mol. The summed E-state index contributed by atoms with van der Waals surface area (Å²) < 4.78 is 5.45. The van der Waals surface area contributed by atoms with Crippen LogP contribution in [0, 0.1) is 0 Å². The van der Waals surface area contributed by atoms with E-state index in [1.807, 2.05) is 11.9 Å². The molecular formula is C16H20N8OS. The lowest BCUT2D eigenvalue weighted by Crippen LogP contribution is -2.39. The van der Waals surface area contributed by atoms with E-state index < -0.39 is 0 Å². The maximum absolute atomic E-state index is 5.63. The number of anilines is 3. The second-order valence-corrected chi connectivity index (χ2v) is 6.45. The molecule has 1 saturated heterocycles. The van der Waals surface area contributed by atoms with Crippen LogP contribution in [0.5, 0.6) is 0 Å². The van der Waals surface area contributed by atoms with Gasteiger partial charge in [0.2, 0.25) is 11.9 Å². The summed E-state index contributed by atoms with van der Waals surface area (Å²) in [4.78, 5) is 22.0. The van der Waals surface area contributed by atoms with E-state index in [1.165, 1.54) is 0 Å². The summed E-state index contributed by atoms with van der Waals surface area (Å²) in [5.74, 6) is 1.75. The number of hydrogen-bond acceptors (Lipinski definition) is 8. The molecule has 10 heteroatoms. The maximum atomic E-state index is 5.63. The molecule has 0 aliphatic carbocycles. The van der Waals surface area contributed by atoms with Crippen molar-refractivity contribution in [3.63, 3.8) is 0 Å². The Morgan fingerprint density at radius 1 is 1.19 bits per heavy atom. The number of nitrogen functional groups attached to an aromatic ring is 1. The van der Waals surface area contributed by atoms with Crippen LogP contribution in [0.25, 0.3) is 11.3 Å². The topological polar surface area (TPSA) is 105 Å². The molecule has 0 atom stereocenters. The van der Waals surface area contributed by atoms with Crippen molar-refractivity contribution in [1.82, 2.24) is 25.3 Å². The molecule has 2 aromatic rings. The Bertz CT molecular complexity index is 822. The van der Waals surface area contributed by atoms with Crippen LogP contribution < -0.4 is 20.9 Å². The standard InChI is InChI=1S/C16H20N8OS/c1-18-16(26)24-3-2-11-12(10-8-19-14(17)20-9-10)21-15(22-13(11)24)23-4-6-25-7-5-23/h8-9H,2-7H2,1H3,(H,18,26)(H2,17,19,20). The first kappa shape index (κ1) is 16.9. The summed E-state index contributed by atoms with van der Waals surface area (Å²) in [6.07, 6.45) is 4.21. The number of rotatable bonds is 2. The highest BCUT2D eigenvalue weighted by molar-refractivity contribution is 7.80. The number of hydrogen-bond donors (Lipinski definition) is 2. The van der Waals surface area contributed by atoms with E-state index in [9.17, 15) is 0 Å². The molecule has 2 aliphatic rings. The highest BCUT2D eigenvalue weighted by Crippen LogP contribution is 2.35. The first-order valence-corrected chi connectivity index (χ1v) is 8.89. The third-order valence-corrected chi connectivity index (χ3v) is 4.94. The lowest BCUT2D eigenvalue weighted by molar-refractivity contribution is 0.122. The van der Waals surface area contributed by atoms with Crippen molar-refractivity contribution in [2.24, 2.45) is 0 Å². The molecule has 0 saturated carbocycles. The van der Waals surface area contributed by atoms with Gasteiger partial charge in [-0.15, -0.1) is 0 Å². The van der Waals surface area contributed by atoms with Crippen LogP contribution in [0.3, 0.4) is 0 Å². The number of nitrogens with zero attached hydrogens (tertiary/aromatic N) is 6. The molecule has 2 aliphatic heterocycles. The number of morpholine rings is 1. The van der Waals surface area contributed by atoms with E-state index in [0.29, 0.717) is 24.3 Å². The fourth-order valence-electron chi connectivity index (χ4n) is 3.18. The fraction of sp³-hybridized carbons (Fsp3) is 0.438. The maximum Gasteiger partial charge on any atom is 0.228 e. The second-order valence-electron chi connectivity index (χ2n) is 6.06. The number of fused-ring (bicyclic) bond motifs is 1. The Morgan fingerprint density at radius 2 is 1.92 bits per heavy atom. The molecule has 0 spiro atoms. The van der Waals surface area contributed by atoms with Crippen molar-refractivity contribution >= 4 is 35.0 Å². The third-order valence-electron chi connectivity index (χ3n) is 4.51. The summed E-state index contributed by atoms with van der Waals surface area (Å²) in [6, 6.07) is 0. The van der Waals surface area contributed by atoms with Crippen LogP contribution >= 0.6 is 12.2 Å². The number of ether oxygens (including phenoxy) is 1. The van der Waals surface area contributed by atoms with Crippen LogP contribution in [0.4, 0.5) is 17.7 Å². The lowest BCUT2D eigenvalue weighted by Gasteiger charge is -2.28. The number of thiocarbonyl (C=S) groups is 1. The van der Waals surface area contributed by atoms with Crippen molar-refractivity contribution < 1.29 is 4.74 Å². The van der Waals surface area contributed by atoms with Gasteiger partial charge in [0.25, 0.3) is 0 Å². The molecule has 0 unspecified atom stereocenters. The average molecular weight is 372 g/mol. The van der Waals surface area contributed by atoms with Gasteiger partial charge in [-0.05, 0) is 18.6 Å². The van der Waals surface area contributed by atoms with Gasteiger partial charge >= 0.3 is 0 Å². The molecular weight excluding hydrogens is 352 g/mol. The van der Waals surface area contributed by atoms with Crippen molar-refractivity contribution in [3.8, 4) is 11.3 Å². The summed E-state index contributed by atoms with van der Waals surface area (Å²) in [7, 11) is 1.82. The molecule has 0 radical (unpaired) electrons. The summed E-state index contributed by atoms with van der Waals surface area (Å²) in [5.41, 5.74) is 8.34. The Labute approximate surface area is 156 Å². The molecule has 4 rings (SSSR count). The lowest BCUT2D eigenvalue weighted by atomic mass is 10.1. The molecule has 0 bridgehead atoms. The van der Waals surface area contributed by atoms with Gasteiger partial charge in [-0.2, -0.15) is 4.98 Å². The van der Waals surface area contributed by atoms with E-state index in [-0.39, 0.29) is 5.95 Å². The van der Waals surface area contributed by atoms with Crippen molar-refractivity contribution in [1.29, 1.82) is 0 Å².